The van der Waals surface area contributed by atoms with E-state index in [-0.39, 0.29) is 5.91 Å². The van der Waals surface area contributed by atoms with Crippen molar-refractivity contribution < 1.29 is 4.79 Å². The Kier molecular flexibility index (Phi) is 2.74. The van der Waals surface area contributed by atoms with Gasteiger partial charge in [-0.05, 0) is 61.9 Å². The third kappa shape index (κ3) is 2.00. The molecule has 1 aromatic heterocycles. The first-order valence-corrected chi connectivity index (χ1v) is 7.56. The van der Waals surface area contributed by atoms with E-state index in [4.69, 9.17) is 0 Å². The van der Waals surface area contributed by atoms with Crippen LogP contribution in [0.3, 0.4) is 0 Å². The minimum absolute atomic E-state index is 0.00753. The second-order valence-electron chi connectivity index (χ2n) is 5.95. The van der Waals surface area contributed by atoms with Crippen LogP contribution in [0, 0.1) is 6.92 Å². The largest absolute Gasteiger partial charge is 0.359 e. The number of carbonyl (C=O) groups is 1. The summed E-state index contributed by atoms with van der Waals surface area (Å²) in [6.07, 6.45) is 6.79. The molecule has 0 unspecified atom stereocenters. The third-order valence-corrected chi connectivity index (χ3v) is 4.47. The molecule has 0 spiro atoms. The average Bonchev–Trinajstić information content (AvgIpc) is 3.01. The Hall–Kier alpha value is -2.29. The van der Waals surface area contributed by atoms with Crippen LogP contribution in [0.4, 0.5) is 5.69 Å². The number of rotatable bonds is 1. The number of fused-ring (bicyclic) bond motifs is 2. The zero-order valence-corrected chi connectivity index (χ0v) is 12.1. The molecule has 0 bridgehead atoms. The second kappa shape index (κ2) is 4.62. The van der Waals surface area contributed by atoms with Crippen molar-refractivity contribution in [3.63, 3.8) is 0 Å². The number of amides is 1. The molecular weight excluding hydrogens is 260 g/mol. The summed E-state index contributed by atoms with van der Waals surface area (Å²) in [5.74, 6) is -0.00753. The maximum Gasteiger partial charge on any atom is 0.256 e. The number of nitrogens with one attached hydrogen (secondary N) is 2. The molecule has 0 radical (unpaired) electrons. The van der Waals surface area contributed by atoms with Gasteiger partial charge in [0.2, 0.25) is 0 Å². The van der Waals surface area contributed by atoms with Gasteiger partial charge in [0, 0.05) is 22.6 Å². The number of aromatic nitrogens is 1. The number of hydrogen-bond acceptors (Lipinski definition) is 1. The smallest absolute Gasteiger partial charge is 0.256 e. The molecule has 3 heteroatoms. The molecule has 4 rings (SSSR count). The van der Waals surface area contributed by atoms with Gasteiger partial charge in [0.15, 0.2) is 0 Å². The van der Waals surface area contributed by atoms with E-state index in [9.17, 15) is 4.79 Å². The van der Waals surface area contributed by atoms with E-state index in [2.05, 4.69) is 16.4 Å². The lowest BCUT2D eigenvalue weighted by Crippen LogP contribution is -2.03. The van der Waals surface area contributed by atoms with Crippen LogP contribution in [-0.4, -0.2) is 10.9 Å². The fraction of sp³-hybridized carbons (Fsp3) is 0.278. The van der Waals surface area contributed by atoms with Crippen LogP contribution in [0.15, 0.2) is 24.3 Å². The molecule has 2 N–H and O–H groups in total. The first-order valence-electron chi connectivity index (χ1n) is 7.56. The summed E-state index contributed by atoms with van der Waals surface area (Å²) in [6, 6.07) is 8.18. The molecule has 2 heterocycles. The molecule has 1 aromatic carbocycles. The number of aromatic amines is 1. The summed E-state index contributed by atoms with van der Waals surface area (Å²) >= 11 is 0. The van der Waals surface area contributed by atoms with Crippen LogP contribution in [0.2, 0.25) is 0 Å². The third-order valence-electron chi connectivity index (χ3n) is 4.47. The molecule has 1 aliphatic heterocycles. The molecule has 21 heavy (non-hydrogen) atoms. The van der Waals surface area contributed by atoms with Gasteiger partial charge in [0.1, 0.15) is 0 Å². The minimum Gasteiger partial charge on any atom is -0.359 e. The zero-order valence-electron chi connectivity index (χ0n) is 12.1. The average molecular weight is 278 g/mol. The second-order valence-corrected chi connectivity index (χ2v) is 5.95. The summed E-state index contributed by atoms with van der Waals surface area (Å²) in [5, 5.41) is 2.95. The van der Waals surface area contributed by atoms with Gasteiger partial charge in [-0.3, -0.25) is 4.79 Å². The van der Waals surface area contributed by atoms with E-state index >= 15 is 0 Å². The number of benzene rings is 1. The van der Waals surface area contributed by atoms with E-state index < -0.39 is 0 Å². The SMILES string of the molecule is Cc1cccc2c1/C(=C/c1cc3c([nH]1)CCCC3)C(=O)N2. The molecule has 1 aliphatic carbocycles. The van der Waals surface area contributed by atoms with Crippen molar-refractivity contribution in [3.8, 4) is 0 Å². The summed E-state index contributed by atoms with van der Waals surface area (Å²) in [4.78, 5) is 15.7. The lowest BCUT2D eigenvalue weighted by atomic mass is 9.98. The number of carbonyl (C=O) groups excluding carboxylic acids is 1. The van der Waals surface area contributed by atoms with Crippen molar-refractivity contribution in [2.75, 3.05) is 5.32 Å². The van der Waals surface area contributed by atoms with Crippen molar-refractivity contribution in [2.24, 2.45) is 0 Å². The highest BCUT2D eigenvalue weighted by molar-refractivity contribution is 6.35. The maximum atomic E-state index is 12.2. The molecule has 0 saturated carbocycles. The Morgan fingerprint density at radius 3 is 2.90 bits per heavy atom. The number of aryl methyl sites for hydroxylation is 3. The predicted molar refractivity (Wildman–Crippen MR) is 85.1 cm³/mol. The number of anilines is 1. The lowest BCUT2D eigenvalue weighted by Gasteiger charge is -2.08. The lowest BCUT2D eigenvalue weighted by molar-refractivity contribution is -0.110. The van der Waals surface area contributed by atoms with Crippen LogP contribution in [-0.2, 0) is 17.6 Å². The molecule has 2 aromatic rings. The Balaban J connectivity index is 1.80. The van der Waals surface area contributed by atoms with Gasteiger partial charge in [-0.1, -0.05) is 12.1 Å². The van der Waals surface area contributed by atoms with E-state index in [0.29, 0.717) is 0 Å². The van der Waals surface area contributed by atoms with E-state index in [1.54, 1.807) is 0 Å². The fourth-order valence-electron chi connectivity index (χ4n) is 3.43. The molecular formula is C18H18N2O. The van der Waals surface area contributed by atoms with Crippen LogP contribution >= 0.6 is 0 Å². The Morgan fingerprint density at radius 2 is 2.05 bits per heavy atom. The predicted octanol–water partition coefficient (Wildman–Crippen LogP) is 3.69. The summed E-state index contributed by atoms with van der Waals surface area (Å²) < 4.78 is 0. The van der Waals surface area contributed by atoms with Gasteiger partial charge in [0.05, 0.1) is 5.57 Å². The molecule has 0 saturated heterocycles. The highest BCUT2D eigenvalue weighted by atomic mass is 16.2. The van der Waals surface area contributed by atoms with Crippen molar-refractivity contribution in [1.82, 2.24) is 4.98 Å². The van der Waals surface area contributed by atoms with Gasteiger partial charge in [0.25, 0.3) is 5.91 Å². The standard InChI is InChI=1S/C18H18N2O/c1-11-5-4-8-16-17(11)14(18(21)20-16)10-13-9-12-6-2-3-7-15(12)19-13/h4-5,8-10,19H,2-3,6-7H2,1H3,(H,20,21)/b14-10-. The van der Waals surface area contributed by atoms with Gasteiger partial charge in [-0.25, -0.2) is 0 Å². The maximum absolute atomic E-state index is 12.2. The molecule has 1 amide bonds. The zero-order chi connectivity index (χ0) is 14.4. The van der Waals surface area contributed by atoms with Crippen molar-refractivity contribution in [3.05, 3.63) is 52.3 Å². The van der Waals surface area contributed by atoms with Gasteiger partial charge in [-0.2, -0.15) is 0 Å². The van der Waals surface area contributed by atoms with Crippen LogP contribution in [0.25, 0.3) is 11.6 Å². The fourth-order valence-corrected chi connectivity index (χ4v) is 3.43. The van der Waals surface area contributed by atoms with Crippen LogP contribution < -0.4 is 5.32 Å². The van der Waals surface area contributed by atoms with E-state index in [1.807, 2.05) is 31.2 Å². The van der Waals surface area contributed by atoms with Crippen molar-refractivity contribution >= 4 is 23.2 Å². The van der Waals surface area contributed by atoms with Crippen LogP contribution in [0.1, 0.15) is 40.9 Å². The summed E-state index contributed by atoms with van der Waals surface area (Å²) in [6.45, 7) is 2.05. The normalized spacial score (nSPS) is 18.5. The van der Waals surface area contributed by atoms with Crippen LogP contribution in [0.5, 0.6) is 0 Å². The van der Waals surface area contributed by atoms with E-state index in [0.717, 1.165) is 40.9 Å². The highest BCUT2D eigenvalue weighted by Crippen LogP contribution is 2.35. The van der Waals surface area contributed by atoms with Crippen molar-refractivity contribution in [2.45, 2.75) is 32.6 Å². The van der Waals surface area contributed by atoms with Gasteiger partial charge < -0.3 is 10.3 Å². The first-order chi connectivity index (χ1) is 10.2. The Bertz CT molecular complexity index is 744. The quantitative estimate of drug-likeness (QED) is 0.768. The Morgan fingerprint density at radius 1 is 1.19 bits per heavy atom. The summed E-state index contributed by atoms with van der Waals surface area (Å²) in [7, 11) is 0. The minimum atomic E-state index is -0.00753. The number of hydrogen-bond donors (Lipinski definition) is 2. The van der Waals surface area contributed by atoms with Gasteiger partial charge in [-0.15, -0.1) is 0 Å². The topological polar surface area (TPSA) is 44.9 Å². The monoisotopic (exact) mass is 278 g/mol. The number of H-pyrrole nitrogens is 1. The summed E-state index contributed by atoms with van der Waals surface area (Å²) in [5.41, 5.74) is 7.66. The molecule has 2 aliphatic rings. The molecule has 106 valence electrons. The molecule has 3 nitrogen and oxygen atoms in total. The van der Waals surface area contributed by atoms with Gasteiger partial charge >= 0.3 is 0 Å². The molecule has 0 fully saturated rings. The first kappa shape index (κ1) is 12.5. The Labute approximate surface area is 124 Å². The van der Waals surface area contributed by atoms with Crippen molar-refractivity contribution in [1.29, 1.82) is 0 Å². The highest BCUT2D eigenvalue weighted by Gasteiger charge is 2.25. The van der Waals surface area contributed by atoms with E-state index in [1.165, 1.54) is 24.1 Å². The molecule has 0 atom stereocenters.